The van der Waals surface area contributed by atoms with Crippen molar-refractivity contribution < 1.29 is 4.74 Å². The lowest BCUT2D eigenvalue weighted by atomic mass is 9.82. The molecular weight excluding hydrogens is 336 g/mol. The van der Waals surface area contributed by atoms with Crippen LogP contribution in [0.4, 0.5) is 11.5 Å². The lowest BCUT2D eigenvalue weighted by Gasteiger charge is -2.41. The van der Waals surface area contributed by atoms with Crippen LogP contribution < -0.4 is 20.7 Å². The van der Waals surface area contributed by atoms with Crippen molar-refractivity contribution >= 4 is 23.1 Å². The van der Waals surface area contributed by atoms with Gasteiger partial charge >= 0.3 is 0 Å². The first-order valence-electron chi connectivity index (χ1n) is 8.48. The maximum atomic E-state index is 6.68. The van der Waals surface area contributed by atoms with E-state index in [9.17, 15) is 0 Å². The van der Waals surface area contributed by atoms with E-state index in [1.807, 2.05) is 24.4 Å². The highest BCUT2D eigenvalue weighted by molar-refractivity contribution is 6.30. The standard InChI is InChI=1S/C19H21ClN4O/c20-15-3-1-14(2-4-15)13-19(21)6-10-24(11-7-19)16-5-8-22-18-17(16)25-12-9-23-18/h1-5,8-9,12H,6-7,10-11,13,21H2,(H,22,23). The summed E-state index contributed by atoms with van der Waals surface area (Å²) in [6.07, 6.45) is 7.92. The van der Waals surface area contributed by atoms with Gasteiger partial charge < -0.3 is 20.7 Å². The van der Waals surface area contributed by atoms with E-state index in [0.29, 0.717) is 0 Å². The van der Waals surface area contributed by atoms with Gasteiger partial charge in [-0.1, -0.05) is 23.7 Å². The highest BCUT2D eigenvalue weighted by atomic mass is 35.5. The van der Waals surface area contributed by atoms with Crippen molar-refractivity contribution in [2.75, 3.05) is 23.3 Å². The van der Waals surface area contributed by atoms with Crippen LogP contribution in [0.5, 0.6) is 5.75 Å². The van der Waals surface area contributed by atoms with E-state index in [1.54, 1.807) is 12.5 Å². The van der Waals surface area contributed by atoms with Gasteiger partial charge in [-0.2, -0.15) is 0 Å². The number of ether oxygens (including phenoxy) is 1. The van der Waals surface area contributed by atoms with Crippen molar-refractivity contribution in [3.05, 3.63) is 59.6 Å². The van der Waals surface area contributed by atoms with E-state index in [0.717, 1.165) is 54.6 Å². The minimum Gasteiger partial charge on any atom is -0.457 e. The number of fused-ring (bicyclic) bond motifs is 1. The summed E-state index contributed by atoms with van der Waals surface area (Å²) in [5, 5.41) is 3.88. The van der Waals surface area contributed by atoms with Crippen molar-refractivity contribution in [2.45, 2.75) is 24.8 Å². The molecule has 0 saturated carbocycles. The van der Waals surface area contributed by atoms with Gasteiger partial charge in [-0.3, -0.25) is 0 Å². The van der Waals surface area contributed by atoms with Gasteiger partial charge in [0, 0.05) is 36.0 Å². The van der Waals surface area contributed by atoms with Gasteiger partial charge in [0.2, 0.25) is 0 Å². The summed E-state index contributed by atoms with van der Waals surface area (Å²) in [6, 6.07) is 9.98. The lowest BCUT2D eigenvalue weighted by molar-refractivity contribution is 0.330. The average Bonchev–Trinajstić information content (AvgIpc) is 2.64. The molecule has 0 amide bonds. The summed E-state index contributed by atoms with van der Waals surface area (Å²) in [4.78, 5) is 6.64. The van der Waals surface area contributed by atoms with Crippen LogP contribution in [0.2, 0.25) is 5.02 Å². The monoisotopic (exact) mass is 356 g/mol. The van der Waals surface area contributed by atoms with Gasteiger partial charge in [0.1, 0.15) is 6.26 Å². The van der Waals surface area contributed by atoms with E-state index in [4.69, 9.17) is 22.1 Å². The molecule has 6 heteroatoms. The normalized spacial score (nSPS) is 18.2. The Morgan fingerprint density at radius 1 is 1.20 bits per heavy atom. The van der Waals surface area contributed by atoms with Crippen LogP contribution in [0.3, 0.4) is 0 Å². The average molecular weight is 357 g/mol. The van der Waals surface area contributed by atoms with Crippen molar-refractivity contribution in [2.24, 2.45) is 5.73 Å². The predicted octanol–water partition coefficient (Wildman–Crippen LogP) is 3.55. The molecule has 1 aromatic heterocycles. The molecule has 1 aromatic carbocycles. The molecule has 2 aliphatic rings. The SMILES string of the molecule is NC1(Cc2ccc(Cl)cc2)CCN(c2ccnc3c2OC=CN3)CC1. The van der Waals surface area contributed by atoms with Gasteiger partial charge in [0.05, 0.1) is 5.69 Å². The van der Waals surface area contributed by atoms with E-state index in [1.165, 1.54) is 5.56 Å². The Morgan fingerprint density at radius 3 is 2.72 bits per heavy atom. The maximum Gasteiger partial charge on any atom is 0.192 e. The molecule has 4 rings (SSSR count). The number of pyridine rings is 1. The Labute approximate surface area is 152 Å². The van der Waals surface area contributed by atoms with E-state index < -0.39 is 0 Å². The number of hydrogen-bond acceptors (Lipinski definition) is 5. The van der Waals surface area contributed by atoms with Gasteiger partial charge in [-0.05, 0) is 43.0 Å². The van der Waals surface area contributed by atoms with Crippen LogP contribution in [0.15, 0.2) is 49.0 Å². The van der Waals surface area contributed by atoms with Crippen LogP contribution in [0.25, 0.3) is 0 Å². The number of aromatic nitrogens is 1. The fourth-order valence-electron chi connectivity index (χ4n) is 3.50. The number of anilines is 2. The Morgan fingerprint density at radius 2 is 1.96 bits per heavy atom. The Balaban J connectivity index is 1.46. The molecule has 0 radical (unpaired) electrons. The molecule has 0 atom stereocenters. The quantitative estimate of drug-likeness (QED) is 0.880. The van der Waals surface area contributed by atoms with E-state index in [-0.39, 0.29) is 5.54 Å². The van der Waals surface area contributed by atoms with Crippen LogP contribution >= 0.6 is 11.6 Å². The summed E-state index contributed by atoms with van der Waals surface area (Å²) in [7, 11) is 0. The number of nitrogens with two attached hydrogens (primary N) is 1. The van der Waals surface area contributed by atoms with Crippen molar-refractivity contribution in [3.63, 3.8) is 0 Å². The molecule has 1 fully saturated rings. The van der Waals surface area contributed by atoms with Gasteiger partial charge in [0.15, 0.2) is 11.6 Å². The first kappa shape index (κ1) is 16.2. The minimum atomic E-state index is -0.184. The zero-order chi connectivity index (χ0) is 17.3. The summed E-state index contributed by atoms with van der Waals surface area (Å²) in [5.74, 6) is 1.54. The first-order chi connectivity index (χ1) is 12.1. The Bertz CT molecular complexity index is 783. The van der Waals surface area contributed by atoms with Crippen LogP contribution in [-0.4, -0.2) is 23.6 Å². The van der Waals surface area contributed by atoms with E-state index in [2.05, 4.69) is 27.3 Å². The van der Waals surface area contributed by atoms with Crippen LogP contribution in [0.1, 0.15) is 18.4 Å². The largest absolute Gasteiger partial charge is 0.457 e. The smallest absolute Gasteiger partial charge is 0.192 e. The van der Waals surface area contributed by atoms with Crippen LogP contribution in [0, 0.1) is 0 Å². The number of nitrogens with one attached hydrogen (secondary N) is 1. The fraction of sp³-hybridized carbons (Fsp3) is 0.316. The Hall–Kier alpha value is -2.24. The third-order valence-corrected chi connectivity index (χ3v) is 5.18. The fourth-order valence-corrected chi connectivity index (χ4v) is 3.63. The van der Waals surface area contributed by atoms with Crippen molar-refractivity contribution in [3.8, 4) is 5.75 Å². The summed E-state index contributed by atoms with van der Waals surface area (Å²) in [6.45, 7) is 1.79. The van der Waals surface area contributed by atoms with Crippen LogP contribution in [-0.2, 0) is 6.42 Å². The molecule has 3 N–H and O–H groups in total. The van der Waals surface area contributed by atoms with Crippen molar-refractivity contribution in [1.29, 1.82) is 0 Å². The maximum absolute atomic E-state index is 6.68. The van der Waals surface area contributed by atoms with Gasteiger partial charge in [-0.15, -0.1) is 0 Å². The zero-order valence-electron chi connectivity index (χ0n) is 13.9. The highest BCUT2D eigenvalue weighted by Gasteiger charge is 2.32. The molecule has 0 unspecified atom stereocenters. The highest BCUT2D eigenvalue weighted by Crippen LogP contribution is 2.38. The summed E-state index contributed by atoms with van der Waals surface area (Å²) >= 11 is 5.97. The molecule has 0 aliphatic carbocycles. The number of benzene rings is 1. The molecule has 2 aliphatic heterocycles. The zero-order valence-corrected chi connectivity index (χ0v) is 14.7. The number of rotatable bonds is 3. The second-order valence-electron chi connectivity index (χ2n) is 6.73. The lowest BCUT2D eigenvalue weighted by Crippen LogP contribution is -2.52. The van der Waals surface area contributed by atoms with Crippen molar-refractivity contribution in [1.82, 2.24) is 4.98 Å². The van der Waals surface area contributed by atoms with E-state index >= 15 is 0 Å². The third-order valence-electron chi connectivity index (χ3n) is 4.93. The summed E-state index contributed by atoms with van der Waals surface area (Å²) < 4.78 is 5.68. The number of hydrogen-bond donors (Lipinski definition) is 2. The van der Waals surface area contributed by atoms with Gasteiger partial charge in [-0.25, -0.2) is 4.98 Å². The minimum absolute atomic E-state index is 0.184. The molecule has 0 bridgehead atoms. The summed E-state index contributed by atoms with van der Waals surface area (Å²) in [5.41, 5.74) is 8.80. The molecule has 0 spiro atoms. The second-order valence-corrected chi connectivity index (χ2v) is 7.16. The topological polar surface area (TPSA) is 63.4 Å². The molecule has 1 saturated heterocycles. The molecule has 130 valence electrons. The molecule has 5 nitrogen and oxygen atoms in total. The predicted molar refractivity (Wildman–Crippen MR) is 101 cm³/mol. The first-order valence-corrected chi connectivity index (χ1v) is 8.86. The molecular formula is C19H21ClN4O. The third kappa shape index (κ3) is 3.43. The van der Waals surface area contributed by atoms with Gasteiger partial charge in [0.25, 0.3) is 0 Å². The number of nitrogens with zero attached hydrogens (tertiary/aromatic N) is 2. The number of piperidine rings is 1. The Kier molecular flexibility index (Phi) is 4.27. The second kappa shape index (κ2) is 6.58. The molecule has 25 heavy (non-hydrogen) atoms. The molecule has 2 aromatic rings. The number of halogens is 1. The molecule has 3 heterocycles.